The van der Waals surface area contributed by atoms with Crippen molar-refractivity contribution in [2.75, 3.05) is 46.1 Å². The minimum atomic E-state index is -0.131. The monoisotopic (exact) mass is 420 g/mol. The number of carbonyl (C=O) groups excluding carboxylic acids is 1. The molecule has 164 valence electrons. The van der Waals surface area contributed by atoms with Crippen molar-refractivity contribution < 1.29 is 4.79 Å². The number of nitrogens with zero attached hydrogens (tertiary/aromatic N) is 4. The molecular weight excluding hydrogens is 388 g/mol. The van der Waals surface area contributed by atoms with Crippen LogP contribution in [0.5, 0.6) is 0 Å². The highest BCUT2D eigenvalue weighted by Gasteiger charge is 2.13. The first-order valence-electron chi connectivity index (χ1n) is 10.7. The Morgan fingerprint density at radius 3 is 2.45 bits per heavy atom. The summed E-state index contributed by atoms with van der Waals surface area (Å²) in [5.74, 6) is 1.44. The lowest BCUT2D eigenvalue weighted by Crippen LogP contribution is -2.38. The molecule has 0 radical (unpaired) electrons. The summed E-state index contributed by atoms with van der Waals surface area (Å²) in [6.07, 6.45) is 1.82. The van der Waals surface area contributed by atoms with Crippen molar-refractivity contribution in [3.05, 3.63) is 66.0 Å². The van der Waals surface area contributed by atoms with Crippen LogP contribution in [0.4, 0.5) is 10.6 Å². The van der Waals surface area contributed by atoms with Crippen molar-refractivity contribution in [1.82, 2.24) is 25.1 Å². The Balaban J connectivity index is 1.60. The molecule has 0 aliphatic rings. The van der Waals surface area contributed by atoms with E-state index in [1.54, 1.807) is 11.9 Å². The van der Waals surface area contributed by atoms with Crippen molar-refractivity contribution in [2.45, 2.75) is 19.4 Å². The van der Waals surface area contributed by atoms with E-state index in [9.17, 15) is 4.79 Å². The lowest BCUT2D eigenvalue weighted by molar-refractivity contribution is 0.206. The summed E-state index contributed by atoms with van der Waals surface area (Å²) in [5, 5.41) is 7.40. The van der Waals surface area contributed by atoms with E-state index in [4.69, 9.17) is 4.98 Å². The van der Waals surface area contributed by atoms with Crippen molar-refractivity contribution in [3.63, 3.8) is 0 Å². The number of fused-ring (bicyclic) bond motifs is 1. The fourth-order valence-corrected chi connectivity index (χ4v) is 3.31. The number of urea groups is 1. The number of hydrogen-bond acceptors (Lipinski definition) is 5. The fourth-order valence-electron chi connectivity index (χ4n) is 3.31. The smallest absolute Gasteiger partial charge is 0.317 e. The van der Waals surface area contributed by atoms with Gasteiger partial charge in [-0.1, -0.05) is 42.5 Å². The van der Waals surface area contributed by atoms with E-state index in [2.05, 4.69) is 46.7 Å². The molecule has 2 amide bonds. The Kier molecular flexibility index (Phi) is 8.18. The topological polar surface area (TPSA) is 73.4 Å². The molecule has 0 bridgehead atoms. The molecule has 7 heteroatoms. The number of aromatic nitrogens is 2. The molecule has 0 saturated carbocycles. The van der Waals surface area contributed by atoms with Gasteiger partial charge in [-0.3, -0.25) is 0 Å². The fraction of sp³-hybridized carbons (Fsp3) is 0.375. The van der Waals surface area contributed by atoms with Crippen molar-refractivity contribution in [3.8, 4) is 0 Å². The molecule has 0 spiro atoms. The maximum absolute atomic E-state index is 12.5. The standard InChI is InChI=1S/C24H32N6O/c1-29(2)17-9-15-25-23-20-12-7-8-13-21(20)27-22(28-23)18-30(3)24(31)26-16-14-19-10-5-4-6-11-19/h4-8,10-13H,9,14-18H2,1-3H3,(H,26,31)(H,25,27,28). The number of benzene rings is 2. The van der Waals surface area contributed by atoms with Crippen LogP contribution < -0.4 is 10.6 Å². The van der Waals surface area contributed by atoms with Crippen molar-refractivity contribution >= 4 is 22.8 Å². The summed E-state index contributed by atoms with van der Waals surface area (Å²) in [4.78, 5) is 25.7. The molecule has 0 aliphatic heterocycles. The maximum Gasteiger partial charge on any atom is 0.317 e. The summed E-state index contributed by atoms with van der Waals surface area (Å²) in [6, 6.07) is 17.9. The van der Waals surface area contributed by atoms with E-state index in [1.165, 1.54) is 5.56 Å². The van der Waals surface area contributed by atoms with E-state index in [0.717, 1.165) is 42.7 Å². The molecule has 1 aromatic heterocycles. The van der Waals surface area contributed by atoms with Gasteiger partial charge in [0.25, 0.3) is 0 Å². The molecule has 2 N–H and O–H groups in total. The third kappa shape index (κ3) is 6.93. The van der Waals surface area contributed by atoms with Crippen LogP contribution in [0.15, 0.2) is 54.6 Å². The summed E-state index contributed by atoms with van der Waals surface area (Å²) in [7, 11) is 5.90. The molecule has 2 aromatic carbocycles. The van der Waals surface area contributed by atoms with E-state index in [-0.39, 0.29) is 6.03 Å². The van der Waals surface area contributed by atoms with Crippen LogP contribution in [0.1, 0.15) is 17.8 Å². The second-order valence-corrected chi connectivity index (χ2v) is 7.91. The molecule has 31 heavy (non-hydrogen) atoms. The normalized spacial score (nSPS) is 11.0. The highest BCUT2D eigenvalue weighted by Crippen LogP contribution is 2.20. The second-order valence-electron chi connectivity index (χ2n) is 7.91. The van der Waals surface area contributed by atoms with Gasteiger partial charge in [-0.25, -0.2) is 14.8 Å². The zero-order chi connectivity index (χ0) is 22.1. The molecule has 1 heterocycles. The number of amides is 2. The Bertz CT molecular complexity index is 976. The number of carbonyl (C=O) groups is 1. The number of anilines is 1. The summed E-state index contributed by atoms with van der Waals surface area (Å²) < 4.78 is 0. The molecule has 7 nitrogen and oxygen atoms in total. The predicted octanol–water partition coefficient (Wildman–Crippen LogP) is 3.38. The molecule has 0 fully saturated rings. The second kappa shape index (κ2) is 11.3. The SMILES string of the molecule is CN(C)CCCNc1nc(CN(C)C(=O)NCCc2ccccc2)nc2ccccc12. The molecular formula is C24H32N6O. The Morgan fingerprint density at radius 1 is 0.935 bits per heavy atom. The highest BCUT2D eigenvalue weighted by molar-refractivity contribution is 5.89. The lowest BCUT2D eigenvalue weighted by Gasteiger charge is -2.18. The first kappa shape index (κ1) is 22.5. The molecule has 0 unspecified atom stereocenters. The summed E-state index contributed by atoms with van der Waals surface area (Å²) >= 11 is 0. The van der Waals surface area contributed by atoms with Crippen LogP contribution in [0.25, 0.3) is 10.9 Å². The number of nitrogens with one attached hydrogen (secondary N) is 2. The van der Waals surface area contributed by atoms with Gasteiger partial charge in [0.15, 0.2) is 5.82 Å². The van der Waals surface area contributed by atoms with Crippen LogP contribution in [0.2, 0.25) is 0 Å². The van der Waals surface area contributed by atoms with Crippen LogP contribution in [-0.4, -0.2) is 66.6 Å². The molecule has 0 saturated heterocycles. The quantitative estimate of drug-likeness (QED) is 0.492. The van der Waals surface area contributed by atoms with E-state index >= 15 is 0 Å². The third-order valence-corrected chi connectivity index (χ3v) is 4.98. The first-order chi connectivity index (χ1) is 15.0. The Hall–Kier alpha value is -3.19. The largest absolute Gasteiger partial charge is 0.369 e. The van der Waals surface area contributed by atoms with Crippen molar-refractivity contribution in [1.29, 1.82) is 0 Å². The van der Waals surface area contributed by atoms with Gasteiger partial charge in [0.05, 0.1) is 12.1 Å². The van der Waals surface area contributed by atoms with E-state index in [1.807, 2.05) is 42.5 Å². The first-order valence-corrected chi connectivity index (χ1v) is 10.7. The zero-order valence-electron chi connectivity index (χ0n) is 18.6. The van der Waals surface area contributed by atoms with E-state index < -0.39 is 0 Å². The van der Waals surface area contributed by atoms with Gasteiger partial charge in [0.2, 0.25) is 0 Å². The number of para-hydroxylation sites is 1. The third-order valence-electron chi connectivity index (χ3n) is 4.98. The number of hydrogen-bond donors (Lipinski definition) is 2. The average Bonchev–Trinajstić information content (AvgIpc) is 2.77. The van der Waals surface area contributed by atoms with Crippen molar-refractivity contribution in [2.24, 2.45) is 0 Å². The minimum Gasteiger partial charge on any atom is -0.369 e. The minimum absolute atomic E-state index is 0.131. The number of rotatable bonds is 10. The predicted molar refractivity (Wildman–Crippen MR) is 126 cm³/mol. The van der Waals surface area contributed by atoms with Gasteiger partial charge < -0.3 is 20.4 Å². The summed E-state index contributed by atoms with van der Waals surface area (Å²) in [6.45, 7) is 2.77. The van der Waals surface area contributed by atoms with Gasteiger partial charge in [0, 0.05) is 25.5 Å². The molecule has 3 aromatic rings. The van der Waals surface area contributed by atoms with Gasteiger partial charge in [-0.15, -0.1) is 0 Å². The Morgan fingerprint density at radius 2 is 1.68 bits per heavy atom. The van der Waals surface area contributed by atoms with Gasteiger partial charge in [-0.05, 0) is 51.2 Å². The maximum atomic E-state index is 12.5. The molecule has 0 atom stereocenters. The van der Waals surface area contributed by atoms with Crippen LogP contribution >= 0.6 is 0 Å². The summed E-state index contributed by atoms with van der Waals surface area (Å²) in [5.41, 5.74) is 2.08. The van der Waals surface area contributed by atoms with Gasteiger partial charge in [-0.2, -0.15) is 0 Å². The lowest BCUT2D eigenvalue weighted by atomic mass is 10.1. The van der Waals surface area contributed by atoms with Crippen LogP contribution in [-0.2, 0) is 13.0 Å². The van der Waals surface area contributed by atoms with E-state index in [0.29, 0.717) is 18.9 Å². The average molecular weight is 421 g/mol. The highest BCUT2D eigenvalue weighted by atomic mass is 16.2. The van der Waals surface area contributed by atoms with Crippen LogP contribution in [0.3, 0.4) is 0 Å². The zero-order valence-corrected chi connectivity index (χ0v) is 18.6. The molecule has 0 aliphatic carbocycles. The van der Waals surface area contributed by atoms with Gasteiger partial charge in [0.1, 0.15) is 5.82 Å². The van der Waals surface area contributed by atoms with Gasteiger partial charge >= 0.3 is 6.03 Å². The Labute approximate surface area is 184 Å². The van der Waals surface area contributed by atoms with Crippen LogP contribution in [0, 0.1) is 0 Å². The molecule has 3 rings (SSSR count).